The van der Waals surface area contributed by atoms with Gasteiger partial charge in [-0.15, -0.1) is 0 Å². The Balaban J connectivity index is 2.51. The van der Waals surface area contributed by atoms with Crippen LogP contribution in [0, 0.1) is 5.82 Å². The second-order valence-electron chi connectivity index (χ2n) is 3.56. The van der Waals surface area contributed by atoms with Crippen molar-refractivity contribution in [2.75, 3.05) is 0 Å². The van der Waals surface area contributed by atoms with Crippen molar-refractivity contribution >= 4 is 43.1 Å². The highest BCUT2D eigenvalue weighted by Gasteiger charge is 2.17. The normalized spacial score (nSPS) is 11.5. The molecule has 0 atom stereocenters. The molecule has 100 valence electrons. The molecule has 0 unspecified atom stereocenters. The fourth-order valence-corrected chi connectivity index (χ4v) is 4.07. The van der Waals surface area contributed by atoms with Crippen molar-refractivity contribution in [3.63, 3.8) is 0 Å². The van der Waals surface area contributed by atoms with Gasteiger partial charge in [-0.2, -0.15) is 0 Å². The lowest BCUT2D eigenvalue weighted by Crippen LogP contribution is -1.94. The Bertz CT molecular complexity index is 717. The topological polar surface area (TPSA) is 34.1 Å². The van der Waals surface area contributed by atoms with E-state index in [0.29, 0.717) is 9.92 Å². The zero-order chi connectivity index (χ0) is 14.0. The molecule has 0 amide bonds. The predicted octanol–water partition coefficient (Wildman–Crippen LogP) is 4.56. The van der Waals surface area contributed by atoms with Crippen LogP contribution in [0.3, 0.4) is 0 Å². The molecule has 0 saturated heterocycles. The van der Waals surface area contributed by atoms with Crippen molar-refractivity contribution < 1.29 is 12.8 Å². The number of halogens is 3. The van der Waals surface area contributed by atoms with Gasteiger partial charge in [-0.1, -0.05) is 35.5 Å². The van der Waals surface area contributed by atoms with E-state index in [1.807, 2.05) is 0 Å². The van der Waals surface area contributed by atoms with Crippen LogP contribution in [0.5, 0.6) is 0 Å². The minimum absolute atomic E-state index is 0.0909. The predicted molar refractivity (Wildman–Crippen MR) is 75.0 cm³/mol. The molecular formula is C12H7Cl2FO2S2. The molecule has 0 aliphatic carbocycles. The first-order chi connectivity index (χ1) is 8.88. The number of hydrogen-bond acceptors (Lipinski definition) is 3. The number of benzene rings is 2. The van der Waals surface area contributed by atoms with E-state index in [9.17, 15) is 12.8 Å². The van der Waals surface area contributed by atoms with E-state index in [-0.39, 0.29) is 9.79 Å². The average Bonchev–Trinajstić information content (AvgIpc) is 2.30. The molecule has 0 aliphatic heterocycles. The van der Waals surface area contributed by atoms with Crippen LogP contribution in [0.1, 0.15) is 0 Å². The van der Waals surface area contributed by atoms with E-state index in [4.69, 9.17) is 22.3 Å². The van der Waals surface area contributed by atoms with Crippen molar-refractivity contribution in [3.8, 4) is 0 Å². The molecule has 0 spiro atoms. The van der Waals surface area contributed by atoms with Crippen LogP contribution in [0.25, 0.3) is 0 Å². The summed E-state index contributed by atoms with van der Waals surface area (Å²) in [4.78, 5) is 0.491. The van der Waals surface area contributed by atoms with Gasteiger partial charge >= 0.3 is 0 Å². The van der Waals surface area contributed by atoms with Crippen LogP contribution in [0.2, 0.25) is 5.02 Å². The monoisotopic (exact) mass is 336 g/mol. The van der Waals surface area contributed by atoms with E-state index in [0.717, 1.165) is 11.8 Å². The smallest absolute Gasteiger partial charge is 0.207 e. The Labute approximate surface area is 124 Å². The largest absolute Gasteiger partial charge is 0.262 e. The third-order valence-electron chi connectivity index (χ3n) is 2.23. The summed E-state index contributed by atoms with van der Waals surface area (Å²) in [6.45, 7) is 0. The standard InChI is InChI=1S/C12H7Cl2FO2S2/c13-8-5-6-12(19(14,16)17)11(7-8)18-10-4-2-1-3-9(10)15/h1-7H. The van der Waals surface area contributed by atoms with Gasteiger partial charge in [-0.3, -0.25) is 0 Å². The summed E-state index contributed by atoms with van der Waals surface area (Å²) in [5.41, 5.74) is 0. The van der Waals surface area contributed by atoms with E-state index >= 15 is 0 Å². The Morgan fingerprint density at radius 3 is 2.37 bits per heavy atom. The first kappa shape index (κ1) is 14.7. The molecule has 2 aromatic rings. The third kappa shape index (κ3) is 3.63. The van der Waals surface area contributed by atoms with Gasteiger partial charge < -0.3 is 0 Å². The van der Waals surface area contributed by atoms with Gasteiger partial charge in [0.2, 0.25) is 0 Å². The van der Waals surface area contributed by atoms with Gasteiger partial charge in [-0.25, -0.2) is 12.8 Å². The van der Waals surface area contributed by atoms with Gasteiger partial charge in [0, 0.05) is 25.5 Å². The van der Waals surface area contributed by atoms with Crippen molar-refractivity contribution in [1.29, 1.82) is 0 Å². The summed E-state index contributed by atoms with van der Waals surface area (Å²) < 4.78 is 36.5. The third-order valence-corrected chi connectivity index (χ3v) is 5.08. The summed E-state index contributed by atoms with van der Waals surface area (Å²) in [5.74, 6) is -0.439. The highest BCUT2D eigenvalue weighted by atomic mass is 35.7. The molecule has 0 N–H and O–H groups in total. The average molecular weight is 337 g/mol. The highest BCUT2D eigenvalue weighted by Crippen LogP contribution is 2.36. The molecule has 0 bridgehead atoms. The minimum Gasteiger partial charge on any atom is -0.207 e. The van der Waals surface area contributed by atoms with Crippen LogP contribution in [0.15, 0.2) is 57.2 Å². The summed E-state index contributed by atoms with van der Waals surface area (Å²) in [6.07, 6.45) is 0. The van der Waals surface area contributed by atoms with Crippen LogP contribution < -0.4 is 0 Å². The van der Waals surface area contributed by atoms with Gasteiger partial charge in [-0.05, 0) is 30.3 Å². The van der Waals surface area contributed by atoms with Gasteiger partial charge in [0.05, 0.1) is 4.90 Å². The fourth-order valence-electron chi connectivity index (χ4n) is 1.41. The molecule has 2 nitrogen and oxygen atoms in total. The van der Waals surface area contributed by atoms with Crippen molar-refractivity contribution in [1.82, 2.24) is 0 Å². The van der Waals surface area contributed by atoms with Crippen LogP contribution in [-0.2, 0) is 9.05 Å². The Morgan fingerprint density at radius 1 is 1.05 bits per heavy atom. The molecule has 2 aromatic carbocycles. The first-order valence-electron chi connectivity index (χ1n) is 5.04. The maximum atomic E-state index is 13.6. The molecule has 19 heavy (non-hydrogen) atoms. The van der Waals surface area contributed by atoms with E-state index in [2.05, 4.69) is 0 Å². The number of hydrogen-bond donors (Lipinski definition) is 0. The Morgan fingerprint density at radius 2 is 1.74 bits per heavy atom. The van der Waals surface area contributed by atoms with E-state index in [1.165, 1.54) is 24.3 Å². The van der Waals surface area contributed by atoms with Gasteiger partial charge in [0.1, 0.15) is 5.82 Å². The molecule has 2 rings (SSSR count). The Kier molecular flexibility index (Phi) is 4.40. The van der Waals surface area contributed by atoms with Crippen LogP contribution >= 0.6 is 34.0 Å². The SMILES string of the molecule is O=S(=O)(Cl)c1ccc(Cl)cc1Sc1ccccc1F. The Hall–Kier alpha value is -0.750. The van der Waals surface area contributed by atoms with Crippen molar-refractivity contribution in [2.24, 2.45) is 0 Å². The van der Waals surface area contributed by atoms with Crippen LogP contribution in [0.4, 0.5) is 4.39 Å². The second kappa shape index (κ2) is 5.71. The maximum absolute atomic E-state index is 13.6. The van der Waals surface area contributed by atoms with Crippen LogP contribution in [-0.4, -0.2) is 8.42 Å². The lowest BCUT2D eigenvalue weighted by atomic mass is 10.3. The molecular weight excluding hydrogens is 330 g/mol. The van der Waals surface area contributed by atoms with Crippen molar-refractivity contribution in [2.45, 2.75) is 14.7 Å². The molecule has 0 saturated carbocycles. The maximum Gasteiger partial charge on any atom is 0.262 e. The highest BCUT2D eigenvalue weighted by molar-refractivity contribution is 8.14. The zero-order valence-electron chi connectivity index (χ0n) is 9.31. The quantitative estimate of drug-likeness (QED) is 0.770. The molecule has 7 heteroatoms. The molecule has 0 radical (unpaired) electrons. The van der Waals surface area contributed by atoms with E-state index in [1.54, 1.807) is 18.2 Å². The second-order valence-corrected chi connectivity index (χ2v) is 7.62. The summed E-state index contributed by atoms with van der Waals surface area (Å²) in [5, 5.41) is 0.350. The minimum atomic E-state index is -3.91. The van der Waals surface area contributed by atoms with Gasteiger partial charge in [0.25, 0.3) is 9.05 Å². The lowest BCUT2D eigenvalue weighted by molar-refractivity contribution is 0.601. The molecule has 0 aliphatic rings. The van der Waals surface area contributed by atoms with Gasteiger partial charge in [0.15, 0.2) is 0 Å². The first-order valence-corrected chi connectivity index (χ1v) is 8.55. The molecule has 0 fully saturated rings. The fraction of sp³-hybridized carbons (Fsp3) is 0. The lowest BCUT2D eigenvalue weighted by Gasteiger charge is -2.07. The summed E-state index contributed by atoms with van der Waals surface area (Å²) >= 11 is 6.79. The number of rotatable bonds is 3. The summed E-state index contributed by atoms with van der Waals surface area (Å²) in [7, 11) is 1.43. The van der Waals surface area contributed by atoms with E-state index < -0.39 is 14.9 Å². The summed E-state index contributed by atoms with van der Waals surface area (Å²) in [6, 6.07) is 10.2. The molecule has 0 heterocycles. The molecule has 0 aromatic heterocycles. The van der Waals surface area contributed by atoms with Crippen molar-refractivity contribution in [3.05, 3.63) is 53.3 Å². The zero-order valence-corrected chi connectivity index (χ0v) is 12.5.